The zero-order chi connectivity index (χ0) is 34.2. The van der Waals surface area contributed by atoms with Crippen LogP contribution >= 0.6 is 0 Å². The third-order valence-corrected chi connectivity index (χ3v) is 6.17. The van der Waals surface area contributed by atoms with Crippen molar-refractivity contribution >= 4 is 11.9 Å². The van der Waals surface area contributed by atoms with Gasteiger partial charge in [-0.2, -0.15) is 0 Å². The molecule has 2 N–H and O–H groups in total. The Hall–Kier alpha value is -4.30. The topological polar surface area (TPSA) is 176 Å². The van der Waals surface area contributed by atoms with Gasteiger partial charge in [-0.1, -0.05) is 5.92 Å². The summed E-state index contributed by atoms with van der Waals surface area (Å²) < 4.78 is 61.4. The average molecular weight is 679 g/mol. The third-order valence-electron chi connectivity index (χ3n) is 6.17. The molecular weight excluding hydrogens is 636 g/mol. The maximum absolute atomic E-state index is 11.8. The number of hydrogen-bond donors (Lipinski definition) is 2. The highest BCUT2D eigenvalue weighted by molar-refractivity contribution is 5.98. The highest BCUT2D eigenvalue weighted by Crippen LogP contribution is 2.30. The molecule has 1 aliphatic rings. The molecule has 15 heteroatoms. The summed E-state index contributed by atoms with van der Waals surface area (Å²) in [6.07, 6.45) is 5.32. The van der Waals surface area contributed by atoms with E-state index < -0.39 is 11.9 Å². The molecule has 0 radical (unpaired) electrons. The van der Waals surface area contributed by atoms with E-state index in [1.54, 1.807) is 18.2 Å². The van der Waals surface area contributed by atoms with Gasteiger partial charge < -0.3 is 62.3 Å². The van der Waals surface area contributed by atoms with Gasteiger partial charge in [0.05, 0.1) is 79.3 Å². The summed E-state index contributed by atoms with van der Waals surface area (Å²) in [5.74, 6) is 1.21. The van der Waals surface area contributed by atoms with Gasteiger partial charge in [0.25, 0.3) is 0 Å². The number of carbonyl (C=O) groups is 2. The zero-order valence-corrected chi connectivity index (χ0v) is 26.7. The van der Waals surface area contributed by atoms with Gasteiger partial charge >= 0.3 is 11.9 Å². The molecule has 0 amide bonds. The first kappa shape index (κ1) is 38.2. The van der Waals surface area contributed by atoms with Crippen molar-refractivity contribution in [2.24, 2.45) is 0 Å². The molecule has 15 nitrogen and oxygen atoms in total. The van der Waals surface area contributed by atoms with E-state index in [2.05, 4.69) is 5.92 Å². The first-order chi connectivity index (χ1) is 23.5. The van der Waals surface area contributed by atoms with Crippen molar-refractivity contribution in [2.45, 2.75) is 0 Å². The van der Waals surface area contributed by atoms with E-state index in [0.29, 0.717) is 70.1 Å². The van der Waals surface area contributed by atoms with Crippen LogP contribution < -0.4 is 23.7 Å². The van der Waals surface area contributed by atoms with E-state index in [1.807, 2.05) is 0 Å². The standard InChI is InChI=1S/C33H42O15/c1-2-3-44-25-20-26-22-27(21-25)46-17-13-41-9-5-39-7-11-43-15-19-48-31-24-30(28(32(34)35)23-29(31)33(36)37)47-18-14-42-10-6-38-4-8-40-12-16-45-26/h1,20-24H,3-19H2,(H,34,35)(H,36,37). The van der Waals surface area contributed by atoms with Gasteiger partial charge in [-0.15, -0.1) is 6.42 Å². The molecule has 0 aliphatic carbocycles. The highest BCUT2D eigenvalue weighted by Gasteiger charge is 2.21. The van der Waals surface area contributed by atoms with Crippen LogP contribution in [0.15, 0.2) is 30.3 Å². The van der Waals surface area contributed by atoms with Gasteiger partial charge in [-0.05, 0) is 6.07 Å². The molecule has 2 aromatic carbocycles. The number of hydrogen-bond acceptors (Lipinski definition) is 13. The van der Waals surface area contributed by atoms with E-state index in [4.69, 9.17) is 58.5 Å². The van der Waals surface area contributed by atoms with Gasteiger partial charge in [0.15, 0.2) is 0 Å². The van der Waals surface area contributed by atoms with Crippen LogP contribution in [0.3, 0.4) is 0 Å². The molecule has 2 aromatic rings. The molecule has 3 rings (SSSR count). The maximum atomic E-state index is 11.8. The van der Waals surface area contributed by atoms with Gasteiger partial charge in [0.1, 0.15) is 72.9 Å². The summed E-state index contributed by atoms with van der Waals surface area (Å²) in [6, 6.07) is 7.40. The van der Waals surface area contributed by atoms with Gasteiger partial charge in [-0.3, -0.25) is 0 Å². The van der Waals surface area contributed by atoms with E-state index in [-0.39, 0.29) is 82.1 Å². The molecule has 264 valence electrons. The van der Waals surface area contributed by atoms with Crippen molar-refractivity contribution < 1.29 is 71.9 Å². The first-order valence-corrected chi connectivity index (χ1v) is 15.3. The molecule has 1 heterocycles. The number of rotatable bonds is 4. The van der Waals surface area contributed by atoms with Crippen LogP contribution in [0.1, 0.15) is 20.7 Å². The minimum Gasteiger partial charge on any atom is -0.491 e. The first-order valence-electron chi connectivity index (χ1n) is 15.3. The fraction of sp³-hybridized carbons (Fsp3) is 0.515. The minimum absolute atomic E-state index is 0.00988. The molecule has 0 spiro atoms. The summed E-state index contributed by atoms with van der Waals surface area (Å²) in [6.45, 7) is 4.12. The van der Waals surface area contributed by atoms with Crippen LogP contribution in [0.5, 0.6) is 28.7 Å². The van der Waals surface area contributed by atoms with Crippen LogP contribution in [0.25, 0.3) is 0 Å². The largest absolute Gasteiger partial charge is 0.491 e. The number of fused-ring (bicyclic) bond motifs is 4. The van der Waals surface area contributed by atoms with Crippen molar-refractivity contribution in [3.8, 4) is 41.1 Å². The predicted molar refractivity (Wildman–Crippen MR) is 168 cm³/mol. The zero-order valence-electron chi connectivity index (χ0n) is 26.7. The summed E-state index contributed by atoms with van der Waals surface area (Å²) in [5.41, 5.74) is -0.634. The van der Waals surface area contributed by atoms with Crippen LogP contribution in [-0.4, -0.2) is 134 Å². The fourth-order valence-corrected chi connectivity index (χ4v) is 4.00. The molecule has 0 fully saturated rings. The van der Waals surface area contributed by atoms with E-state index in [9.17, 15) is 19.8 Å². The van der Waals surface area contributed by atoms with Crippen molar-refractivity contribution in [3.63, 3.8) is 0 Å². The average Bonchev–Trinajstić information content (AvgIpc) is 3.07. The molecule has 0 aromatic heterocycles. The molecule has 1 aliphatic heterocycles. The normalized spacial score (nSPS) is 17.2. The van der Waals surface area contributed by atoms with Crippen LogP contribution in [0, 0.1) is 12.3 Å². The number of aromatic carboxylic acids is 2. The second-order valence-corrected chi connectivity index (χ2v) is 9.66. The molecule has 48 heavy (non-hydrogen) atoms. The summed E-state index contributed by atoms with van der Waals surface area (Å²) in [5, 5.41) is 19.2. The highest BCUT2D eigenvalue weighted by atomic mass is 16.6. The summed E-state index contributed by atoms with van der Waals surface area (Å²) in [4.78, 5) is 23.5. The number of benzene rings is 2. The second kappa shape index (κ2) is 23.1. The lowest BCUT2D eigenvalue weighted by molar-refractivity contribution is 0.00424. The summed E-state index contributed by atoms with van der Waals surface area (Å²) in [7, 11) is 0. The van der Waals surface area contributed by atoms with E-state index >= 15 is 0 Å². The van der Waals surface area contributed by atoms with Crippen molar-refractivity contribution in [1.82, 2.24) is 0 Å². The van der Waals surface area contributed by atoms with Crippen LogP contribution in [0.4, 0.5) is 0 Å². The Labute approximate surface area is 278 Å². The van der Waals surface area contributed by atoms with Crippen molar-refractivity contribution in [3.05, 3.63) is 41.5 Å². The van der Waals surface area contributed by atoms with Crippen molar-refractivity contribution in [1.29, 1.82) is 0 Å². The molecular formula is C33H42O15. The molecule has 0 saturated carbocycles. The van der Waals surface area contributed by atoms with Gasteiger partial charge in [-0.25, -0.2) is 9.59 Å². The van der Waals surface area contributed by atoms with Crippen LogP contribution in [-0.2, 0) is 28.4 Å². The van der Waals surface area contributed by atoms with E-state index in [0.717, 1.165) is 6.07 Å². The minimum atomic E-state index is -1.35. The molecule has 0 saturated heterocycles. The number of carboxylic acid groups (broad SMARTS) is 2. The lowest BCUT2D eigenvalue weighted by Gasteiger charge is -2.15. The number of carboxylic acids is 2. The summed E-state index contributed by atoms with van der Waals surface area (Å²) >= 11 is 0. The third kappa shape index (κ3) is 15.1. The Morgan fingerprint density at radius 3 is 1.25 bits per heavy atom. The SMILES string of the molecule is C#CCOc1cc2cc(c1)OCCOCCOCCOCCOc1cc(c(C(=O)O)cc1C(=O)O)OCCOCCOCCOCCO2. The Balaban J connectivity index is 1.52. The fourth-order valence-electron chi connectivity index (χ4n) is 4.00. The number of ether oxygens (including phenoxy) is 11. The Bertz CT molecular complexity index is 1210. The monoisotopic (exact) mass is 678 g/mol. The number of terminal acetylenes is 1. The Morgan fingerprint density at radius 1 is 0.542 bits per heavy atom. The van der Waals surface area contributed by atoms with Crippen molar-refractivity contribution in [2.75, 3.05) is 112 Å². The maximum Gasteiger partial charge on any atom is 0.339 e. The predicted octanol–water partition coefficient (Wildman–Crippen LogP) is 2.42. The lowest BCUT2D eigenvalue weighted by atomic mass is 10.1. The lowest BCUT2D eigenvalue weighted by Crippen LogP contribution is -2.16. The molecule has 0 unspecified atom stereocenters. The molecule has 4 bridgehead atoms. The van der Waals surface area contributed by atoms with Gasteiger partial charge in [0.2, 0.25) is 0 Å². The van der Waals surface area contributed by atoms with Gasteiger partial charge in [0, 0.05) is 24.3 Å². The van der Waals surface area contributed by atoms with E-state index in [1.165, 1.54) is 6.07 Å². The molecule has 0 atom stereocenters. The Morgan fingerprint density at radius 2 is 0.896 bits per heavy atom. The second-order valence-electron chi connectivity index (χ2n) is 9.66. The smallest absolute Gasteiger partial charge is 0.339 e. The quantitative estimate of drug-likeness (QED) is 0.451. The van der Waals surface area contributed by atoms with Crippen LogP contribution in [0.2, 0.25) is 0 Å². The Kier molecular flexibility index (Phi) is 18.4.